The molecule has 1 N–H and O–H groups in total. The molecule has 0 radical (unpaired) electrons. The predicted octanol–water partition coefficient (Wildman–Crippen LogP) is 3.01. The van der Waals surface area contributed by atoms with Crippen LogP contribution >= 0.6 is 0 Å². The Hall–Kier alpha value is -0.725. The van der Waals surface area contributed by atoms with Crippen molar-refractivity contribution in [1.82, 2.24) is 0 Å². The molecule has 84 valence electrons. The molecule has 2 nitrogen and oxygen atoms in total. The molecule has 2 atom stereocenters. The number of hydrogen-bond donors (Lipinski definition) is 1. The van der Waals surface area contributed by atoms with Crippen LogP contribution in [0.15, 0.2) is 12.2 Å². The topological polar surface area (TPSA) is 37.3 Å². The molecule has 0 aromatic heterocycles. The van der Waals surface area contributed by atoms with E-state index in [9.17, 15) is 4.79 Å². The molecule has 0 bridgehead atoms. The number of hydrogen-bond acceptors (Lipinski definition) is 1. The largest absolute Gasteiger partial charge is 0.478 e. The number of carbonyl (C=O) groups is 1. The van der Waals surface area contributed by atoms with Gasteiger partial charge in [-0.1, -0.05) is 57.3 Å². The number of carboxylic acid groups (broad SMARTS) is 1. The maximum atomic E-state index is 10.4. The van der Waals surface area contributed by atoms with Gasteiger partial charge < -0.3 is 5.11 Å². The molecule has 0 spiro atoms. The van der Waals surface area contributed by atoms with Crippen LogP contribution in [0.2, 0.25) is 11.1 Å². The summed E-state index contributed by atoms with van der Waals surface area (Å²) < 4.78 is 0. The van der Waals surface area contributed by atoms with Crippen molar-refractivity contribution >= 4 is 13.2 Å². The van der Waals surface area contributed by atoms with Gasteiger partial charge in [-0.2, -0.15) is 0 Å². The lowest BCUT2D eigenvalue weighted by Crippen LogP contribution is -2.11. The molecule has 0 saturated carbocycles. The quantitative estimate of drug-likeness (QED) is 0.557. The van der Waals surface area contributed by atoms with Crippen molar-refractivity contribution in [2.75, 3.05) is 0 Å². The molecule has 1 aliphatic rings. The van der Waals surface area contributed by atoms with Crippen LogP contribution in [0.25, 0.3) is 0 Å². The minimum Gasteiger partial charge on any atom is -0.478 e. The third kappa shape index (κ3) is 4.11. The van der Waals surface area contributed by atoms with E-state index in [0.29, 0.717) is 11.1 Å². The van der Waals surface area contributed by atoms with E-state index in [1.807, 2.05) is 6.08 Å². The highest BCUT2D eigenvalue weighted by molar-refractivity contribution is 6.43. The second-order valence-electron chi connectivity index (χ2n) is 5.11. The Balaban J connectivity index is 2.40. The number of rotatable bonds is 5. The van der Waals surface area contributed by atoms with Gasteiger partial charge in [0.1, 0.15) is 7.28 Å². The second-order valence-corrected chi connectivity index (χ2v) is 5.11. The van der Waals surface area contributed by atoms with Crippen molar-refractivity contribution in [2.24, 2.45) is 0 Å². The summed E-state index contributed by atoms with van der Waals surface area (Å²) in [5.74, 6) is -0.333. The fourth-order valence-electron chi connectivity index (χ4n) is 2.58. The summed E-state index contributed by atoms with van der Waals surface area (Å²) in [6.07, 6.45) is 9.43. The Morgan fingerprint density at radius 1 is 1.67 bits per heavy atom. The van der Waals surface area contributed by atoms with Crippen molar-refractivity contribution in [3.63, 3.8) is 0 Å². The number of unbranched alkanes of at least 4 members (excludes halogenated alkanes) is 1. The summed E-state index contributed by atoms with van der Waals surface area (Å²) in [6, 6.07) is 0. The fourth-order valence-corrected chi connectivity index (χ4v) is 2.58. The normalized spacial score (nSPS) is 30.7. The van der Waals surface area contributed by atoms with E-state index in [4.69, 9.17) is 5.11 Å². The van der Waals surface area contributed by atoms with E-state index >= 15 is 0 Å². The fraction of sp³-hybridized carbons (Fsp3) is 0.750. The van der Waals surface area contributed by atoms with Crippen LogP contribution in [0.1, 0.15) is 46.0 Å². The van der Waals surface area contributed by atoms with Crippen molar-refractivity contribution in [3.8, 4) is 0 Å². The minimum atomic E-state index is -0.822. The van der Waals surface area contributed by atoms with Gasteiger partial charge in [-0.3, -0.25) is 0 Å². The summed E-state index contributed by atoms with van der Waals surface area (Å²) >= 11 is 0. The highest BCUT2D eigenvalue weighted by atomic mass is 16.4. The molecule has 1 rings (SSSR count). The van der Waals surface area contributed by atoms with E-state index < -0.39 is 5.97 Å². The van der Waals surface area contributed by atoms with Crippen LogP contribution in [0.5, 0.6) is 0 Å². The van der Waals surface area contributed by atoms with Gasteiger partial charge >= 0.3 is 5.97 Å². The average Bonchev–Trinajstić information content (AvgIpc) is 2.55. The molecule has 0 aliphatic carbocycles. The lowest BCUT2D eigenvalue weighted by atomic mass is 9.50. The molecular weight excluding hydrogens is 187 g/mol. The summed E-state index contributed by atoms with van der Waals surface area (Å²) in [5.41, 5.74) is 0. The SMILES string of the molecule is CCCCC1(C)BC(C=CC(=O)O)CC1. The highest BCUT2D eigenvalue weighted by Crippen LogP contribution is 2.47. The summed E-state index contributed by atoms with van der Waals surface area (Å²) in [5, 5.41) is 9.02. The molecule has 1 heterocycles. The third-order valence-corrected chi connectivity index (χ3v) is 3.52. The van der Waals surface area contributed by atoms with Crippen LogP contribution in [0.4, 0.5) is 0 Å². The zero-order chi connectivity index (χ0) is 11.3. The van der Waals surface area contributed by atoms with Crippen LogP contribution in [-0.4, -0.2) is 18.4 Å². The first kappa shape index (κ1) is 12.3. The van der Waals surface area contributed by atoms with Gasteiger partial charge in [0.25, 0.3) is 0 Å². The second kappa shape index (κ2) is 5.38. The molecular formula is C12H21BO2. The van der Waals surface area contributed by atoms with Gasteiger partial charge in [-0.25, -0.2) is 4.79 Å². The zero-order valence-corrected chi connectivity index (χ0v) is 9.83. The van der Waals surface area contributed by atoms with Gasteiger partial charge in [0.2, 0.25) is 0 Å². The van der Waals surface area contributed by atoms with Crippen LogP contribution in [0.3, 0.4) is 0 Å². The first-order valence-corrected chi connectivity index (χ1v) is 5.97. The Bertz CT molecular complexity index is 250. The predicted molar refractivity (Wildman–Crippen MR) is 64.8 cm³/mol. The number of aliphatic carboxylic acids is 1. The van der Waals surface area contributed by atoms with Gasteiger partial charge in [0.15, 0.2) is 0 Å². The summed E-state index contributed by atoms with van der Waals surface area (Å²) in [4.78, 5) is 10.4. The van der Waals surface area contributed by atoms with Gasteiger partial charge in [0.05, 0.1) is 0 Å². The molecule has 1 saturated heterocycles. The van der Waals surface area contributed by atoms with Crippen molar-refractivity contribution < 1.29 is 9.90 Å². The first-order valence-electron chi connectivity index (χ1n) is 5.97. The van der Waals surface area contributed by atoms with Gasteiger partial charge in [-0.15, -0.1) is 0 Å². The lowest BCUT2D eigenvalue weighted by Gasteiger charge is -2.22. The molecule has 2 unspecified atom stereocenters. The van der Waals surface area contributed by atoms with Crippen molar-refractivity contribution in [2.45, 2.75) is 57.1 Å². The van der Waals surface area contributed by atoms with Crippen LogP contribution < -0.4 is 0 Å². The maximum Gasteiger partial charge on any atom is 0.327 e. The first-order chi connectivity index (χ1) is 7.06. The van der Waals surface area contributed by atoms with E-state index in [1.165, 1.54) is 31.8 Å². The van der Waals surface area contributed by atoms with Gasteiger partial charge in [0, 0.05) is 6.08 Å². The highest BCUT2D eigenvalue weighted by Gasteiger charge is 2.34. The van der Waals surface area contributed by atoms with E-state index in [-0.39, 0.29) is 0 Å². The van der Waals surface area contributed by atoms with Gasteiger partial charge in [-0.05, 0) is 5.82 Å². The molecule has 0 aromatic rings. The Morgan fingerprint density at radius 2 is 2.40 bits per heavy atom. The number of allylic oxidation sites excluding steroid dienone is 1. The molecule has 0 amide bonds. The summed E-state index contributed by atoms with van der Waals surface area (Å²) in [7, 11) is 1.16. The Labute approximate surface area is 93.0 Å². The molecule has 3 heteroatoms. The third-order valence-electron chi connectivity index (χ3n) is 3.52. The Kier molecular flexibility index (Phi) is 4.43. The summed E-state index contributed by atoms with van der Waals surface area (Å²) in [6.45, 7) is 4.57. The average molecular weight is 208 g/mol. The van der Waals surface area contributed by atoms with E-state index in [0.717, 1.165) is 13.7 Å². The van der Waals surface area contributed by atoms with E-state index in [2.05, 4.69) is 13.8 Å². The monoisotopic (exact) mass is 208 g/mol. The minimum absolute atomic E-state index is 0.462. The smallest absolute Gasteiger partial charge is 0.327 e. The lowest BCUT2D eigenvalue weighted by molar-refractivity contribution is -0.131. The molecule has 1 aliphatic heterocycles. The maximum absolute atomic E-state index is 10.4. The Morgan fingerprint density at radius 3 is 3.00 bits per heavy atom. The molecule has 15 heavy (non-hydrogen) atoms. The standard InChI is InChI=1S/C12H21BO2/c1-3-4-8-12(2)9-7-10(13-12)5-6-11(14)15/h5-6,10,13H,3-4,7-9H2,1-2H3,(H,14,15). The number of carboxylic acids is 1. The van der Waals surface area contributed by atoms with E-state index in [1.54, 1.807) is 0 Å². The van der Waals surface area contributed by atoms with Crippen molar-refractivity contribution in [3.05, 3.63) is 12.2 Å². The molecule has 1 fully saturated rings. The zero-order valence-electron chi connectivity index (χ0n) is 9.83. The van der Waals surface area contributed by atoms with Crippen LogP contribution in [-0.2, 0) is 4.79 Å². The van der Waals surface area contributed by atoms with Crippen LogP contribution in [0, 0.1) is 0 Å². The van der Waals surface area contributed by atoms with Crippen molar-refractivity contribution in [1.29, 1.82) is 0 Å². The molecule has 0 aromatic carbocycles.